The highest BCUT2D eigenvalue weighted by molar-refractivity contribution is 7.90. The van der Waals surface area contributed by atoms with E-state index in [1.165, 1.54) is 45.1 Å². The van der Waals surface area contributed by atoms with Crippen molar-refractivity contribution in [2.24, 2.45) is 11.3 Å². The van der Waals surface area contributed by atoms with Crippen LogP contribution in [0.2, 0.25) is 0 Å². The number of anilines is 2. The zero-order valence-electron chi connectivity index (χ0n) is 34.6. The summed E-state index contributed by atoms with van der Waals surface area (Å²) < 4.78 is 41.1. The number of ether oxygens (including phenoxy) is 2. The van der Waals surface area contributed by atoms with Crippen molar-refractivity contribution in [2.45, 2.75) is 87.1 Å². The Kier molecular flexibility index (Phi) is 10.8. The molecule has 2 aliphatic carbocycles. The number of aromatic nitrogens is 3. The van der Waals surface area contributed by atoms with Gasteiger partial charge in [0.2, 0.25) is 5.82 Å². The van der Waals surface area contributed by atoms with Crippen LogP contribution < -0.4 is 19.7 Å². The van der Waals surface area contributed by atoms with Crippen LogP contribution in [0.1, 0.15) is 97.7 Å². The van der Waals surface area contributed by atoms with E-state index >= 15 is 0 Å². The number of fused-ring (bicyclic) bond motifs is 1. The number of hydrogen-bond donors (Lipinski definition) is 3. The SMILES string of the molecule is O=C(NS(=O)(=O)c1cnc(NCC2CCOCC2)c([N+](=O)[O-])c1)c1ccc(N2CCC3(CC2)CC(N2CCCC2c2ccccc2C2CC2)C3)cc1Oc1cnc2[nH]ccc2c1. The number of carbonyl (C=O) groups excluding carboxylic acids is 1. The molecule has 1 unspecified atom stereocenters. The Morgan fingerprint density at radius 3 is 2.52 bits per heavy atom. The molecule has 3 N–H and O–H groups in total. The molecule has 2 saturated carbocycles. The second-order valence-electron chi connectivity index (χ2n) is 17.9. The predicted octanol–water partition coefficient (Wildman–Crippen LogP) is 8.08. The van der Waals surface area contributed by atoms with Crippen molar-refractivity contribution in [3.63, 3.8) is 0 Å². The van der Waals surface area contributed by atoms with Crippen molar-refractivity contribution >= 4 is 44.2 Å². The van der Waals surface area contributed by atoms with Crippen LogP contribution in [0.4, 0.5) is 17.2 Å². The van der Waals surface area contributed by atoms with Crippen molar-refractivity contribution < 1.29 is 27.6 Å². The molecule has 0 bridgehead atoms. The summed E-state index contributed by atoms with van der Waals surface area (Å²) in [6, 6.07) is 20.0. The molecule has 1 atom stereocenters. The van der Waals surface area contributed by atoms with Gasteiger partial charge in [0, 0.05) is 74.3 Å². The molecule has 5 aromatic rings. The average molecular weight is 861 g/mol. The molecule has 6 heterocycles. The summed E-state index contributed by atoms with van der Waals surface area (Å²) in [5, 5.41) is 15.9. The molecular weight excluding hydrogens is 809 g/mol. The number of hydrogen-bond acceptors (Lipinski definition) is 12. The maximum Gasteiger partial charge on any atom is 0.312 e. The van der Waals surface area contributed by atoms with Gasteiger partial charge in [0.05, 0.1) is 22.9 Å². The van der Waals surface area contributed by atoms with Gasteiger partial charge in [0.25, 0.3) is 15.9 Å². The third-order valence-electron chi connectivity index (χ3n) is 14.0. The number of carbonyl (C=O) groups is 1. The average Bonchev–Trinajstić information content (AvgIpc) is 3.82. The highest BCUT2D eigenvalue weighted by Gasteiger charge is 2.50. The van der Waals surface area contributed by atoms with Gasteiger partial charge in [-0.2, -0.15) is 0 Å². The van der Waals surface area contributed by atoms with E-state index < -0.39 is 31.4 Å². The van der Waals surface area contributed by atoms with E-state index in [4.69, 9.17) is 9.47 Å². The Morgan fingerprint density at radius 2 is 1.74 bits per heavy atom. The number of nitrogens with zero attached hydrogens (tertiary/aromatic N) is 5. The van der Waals surface area contributed by atoms with Crippen molar-refractivity contribution in [3.8, 4) is 11.5 Å². The van der Waals surface area contributed by atoms with Gasteiger partial charge in [0.1, 0.15) is 22.0 Å². The first-order valence-corrected chi connectivity index (χ1v) is 23.5. The van der Waals surface area contributed by atoms with Gasteiger partial charge < -0.3 is 24.7 Å². The lowest BCUT2D eigenvalue weighted by Crippen LogP contribution is -2.54. The molecule has 1 spiro atoms. The Hall–Kier alpha value is -5.58. The van der Waals surface area contributed by atoms with Crippen LogP contribution >= 0.6 is 0 Å². The van der Waals surface area contributed by atoms with Crippen LogP contribution in [-0.2, 0) is 14.8 Å². The Labute approximate surface area is 360 Å². The van der Waals surface area contributed by atoms with Gasteiger partial charge in [-0.15, -0.1) is 0 Å². The number of aromatic amines is 1. The molecule has 62 heavy (non-hydrogen) atoms. The van der Waals surface area contributed by atoms with E-state index in [0.29, 0.717) is 48.7 Å². The molecule has 0 radical (unpaired) electrons. The molecule has 3 saturated heterocycles. The van der Waals surface area contributed by atoms with Crippen LogP contribution in [0.15, 0.2) is 84.1 Å². The summed E-state index contributed by atoms with van der Waals surface area (Å²) in [5.41, 5.74) is 4.45. The van der Waals surface area contributed by atoms with Gasteiger partial charge in [-0.3, -0.25) is 19.8 Å². The predicted molar refractivity (Wildman–Crippen MR) is 234 cm³/mol. The lowest BCUT2D eigenvalue weighted by atomic mass is 9.59. The maximum absolute atomic E-state index is 13.9. The van der Waals surface area contributed by atoms with E-state index in [2.05, 4.69) is 59.1 Å². The summed E-state index contributed by atoms with van der Waals surface area (Å²) >= 11 is 0. The highest BCUT2D eigenvalue weighted by atomic mass is 32.2. The number of likely N-dealkylation sites (tertiary alicyclic amines) is 1. The molecule has 1 amide bonds. The molecule has 5 fully saturated rings. The number of rotatable bonds is 13. The van der Waals surface area contributed by atoms with E-state index in [9.17, 15) is 23.3 Å². The molecule has 10 rings (SSSR count). The molecule has 3 aromatic heterocycles. The molecular formula is C46H52N8O7S. The number of nitro groups is 1. The minimum absolute atomic E-state index is 0.0255. The first kappa shape index (κ1) is 40.5. The second-order valence-corrected chi connectivity index (χ2v) is 19.6. The number of H-pyrrole nitrogens is 1. The number of nitrogens with one attached hydrogen (secondary N) is 3. The third kappa shape index (κ3) is 8.22. The fourth-order valence-corrected chi connectivity index (χ4v) is 11.3. The Balaban J connectivity index is 0.841. The molecule has 16 heteroatoms. The summed E-state index contributed by atoms with van der Waals surface area (Å²) in [7, 11) is -4.60. The summed E-state index contributed by atoms with van der Waals surface area (Å²) in [5.74, 6) is 0.510. The molecule has 2 aromatic carbocycles. The minimum atomic E-state index is -4.60. The van der Waals surface area contributed by atoms with Gasteiger partial charge in [-0.25, -0.2) is 23.1 Å². The molecule has 5 aliphatic rings. The van der Waals surface area contributed by atoms with Gasteiger partial charge in [0.15, 0.2) is 0 Å². The summed E-state index contributed by atoms with van der Waals surface area (Å²) in [6.45, 7) is 4.53. The maximum atomic E-state index is 13.9. The van der Waals surface area contributed by atoms with E-state index in [-0.39, 0.29) is 23.0 Å². The lowest BCUT2D eigenvalue weighted by Gasteiger charge is -2.56. The zero-order valence-corrected chi connectivity index (χ0v) is 35.4. The van der Waals surface area contributed by atoms with Crippen LogP contribution in [0.5, 0.6) is 11.5 Å². The van der Waals surface area contributed by atoms with E-state index in [0.717, 1.165) is 68.0 Å². The standard InChI is InChI=1S/C46H52N8O7S/c55-45(51-62(58,59)36-24-41(54(56)57)44(50-29-36)48-27-30-12-20-60-21-13-30)39-10-9-33(23-42(39)61-35-22-32-11-16-47-43(32)49-28-35)52-18-14-46(15-19-52)25-34(26-46)53-17-3-6-40(53)38-5-2-1-4-37(38)31-7-8-31/h1-2,4-5,9-11,16,22-24,28-31,34,40H,3,6-8,12-15,17-21,25-27H2,(H,47,49)(H,48,50)(H,51,55). The molecule has 3 aliphatic heterocycles. The first-order valence-electron chi connectivity index (χ1n) is 22.0. The summed E-state index contributed by atoms with van der Waals surface area (Å²) in [4.78, 5) is 41.5. The van der Waals surface area contributed by atoms with Gasteiger partial charge >= 0.3 is 5.69 Å². The van der Waals surface area contributed by atoms with Crippen LogP contribution in [0.3, 0.4) is 0 Å². The first-order chi connectivity index (χ1) is 30.1. The van der Waals surface area contributed by atoms with Gasteiger partial charge in [-0.05, 0) is 123 Å². The second kappa shape index (κ2) is 16.6. The number of sulfonamides is 1. The van der Waals surface area contributed by atoms with Gasteiger partial charge in [-0.1, -0.05) is 24.3 Å². The minimum Gasteiger partial charge on any atom is -0.455 e. The van der Waals surface area contributed by atoms with E-state index in [1.807, 2.05) is 12.1 Å². The lowest BCUT2D eigenvalue weighted by molar-refractivity contribution is -0.384. The molecule has 324 valence electrons. The van der Waals surface area contributed by atoms with Crippen LogP contribution in [0, 0.1) is 21.4 Å². The van der Waals surface area contributed by atoms with E-state index in [1.54, 1.807) is 41.7 Å². The van der Waals surface area contributed by atoms with Crippen LogP contribution in [0.25, 0.3) is 11.0 Å². The number of amides is 1. The number of pyridine rings is 2. The highest BCUT2D eigenvalue weighted by Crippen LogP contribution is 2.55. The van der Waals surface area contributed by atoms with Crippen LogP contribution in [-0.4, -0.2) is 84.5 Å². The van der Waals surface area contributed by atoms with Crippen molar-refractivity contribution in [2.75, 3.05) is 49.6 Å². The third-order valence-corrected chi connectivity index (χ3v) is 15.2. The fourth-order valence-electron chi connectivity index (χ4n) is 10.3. The normalized spacial score (nSPS) is 20.9. The largest absolute Gasteiger partial charge is 0.455 e. The fraction of sp³-hybridized carbons (Fsp3) is 0.457. The zero-order chi connectivity index (χ0) is 42.4. The van der Waals surface area contributed by atoms with Crippen molar-refractivity contribution in [1.82, 2.24) is 24.6 Å². The van der Waals surface area contributed by atoms with Crippen molar-refractivity contribution in [1.29, 1.82) is 0 Å². The summed E-state index contributed by atoms with van der Waals surface area (Å²) in [6.07, 6.45) is 15.6. The Morgan fingerprint density at radius 1 is 0.952 bits per heavy atom. The van der Waals surface area contributed by atoms with Crippen molar-refractivity contribution in [3.05, 3.63) is 106 Å². The molecule has 15 nitrogen and oxygen atoms in total. The Bertz CT molecular complexity index is 2590. The monoisotopic (exact) mass is 860 g/mol. The number of piperidine rings is 1. The smallest absolute Gasteiger partial charge is 0.312 e. The number of benzene rings is 2. The quantitative estimate of drug-likeness (QED) is 0.0765. The topological polar surface area (TPSA) is 185 Å².